The number of ether oxygens (including phenoxy) is 1. The molecule has 3 nitrogen and oxygen atoms in total. The molecular formula is C16H14FNO2. The molecule has 2 rings (SSSR count). The van der Waals surface area contributed by atoms with E-state index in [4.69, 9.17) is 9.94 Å². The second kappa shape index (κ2) is 6.52. The Morgan fingerprint density at radius 3 is 2.75 bits per heavy atom. The fourth-order valence-corrected chi connectivity index (χ4v) is 1.83. The van der Waals surface area contributed by atoms with Crippen LogP contribution in [0.25, 0.3) is 6.08 Å². The Kier molecular flexibility index (Phi) is 4.50. The first-order valence-electron chi connectivity index (χ1n) is 6.04. The number of benzene rings is 2. The summed E-state index contributed by atoms with van der Waals surface area (Å²) in [6.07, 6.45) is 2.94. The van der Waals surface area contributed by atoms with Gasteiger partial charge in [-0.3, -0.25) is 0 Å². The average Bonchev–Trinajstić information content (AvgIpc) is 2.47. The molecule has 0 saturated carbocycles. The van der Waals surface area contributed by atoms with E-state index in [1.54, 1.807) is 30.3 Å². The number of rotatable bonds is 5. The molecule has 2 aromatic carbocycles. The smallest absolute Gasteiger partial charge is 0.128 e. The Labute approximate surface area is 116 Å². The summed E-state index contributed by atoms with van der Waals surface area (Å²) < 4.78 is 18.9. The third-order valence-corrected chi connectivity index (χ3v) is 2.82. The molecule has 0 spiro atoms. The lowest BCUT2D eigenvalue weighted by Crippen LogP contribution is -2.00. The zero-order valence-electron chi connectivity index (χ0n) is 10.8. The zero-order valence-corrected chi connectivity index (χ0v) is 10.8. The molecule has 2 aromatic rings. The van der Waals surface area contributed by atoms with Gasteiger partial charge in [-0.1, -0.05) is 36.0 Å². The average molecular weight is 271 g/mol. The van der Waals surface area contributed by atoms with Crippen molar-refractivity contribution in [2.75, 3.05) is 0 Å². The first kappa shape index (κ1) is 13.8. The van der Waals surface area contributed by atoms with Crippen LogP contribution >= 0.6 is 0 Å². The SMILES string of the molecule is C=Cc1ccc(F)cc1COc1ccccc1/C=N/O. The molecule has 0 atom stereocenters. The Hall–Kier alpha value is -2.62. The van der Waals surface area contributed by atoms with Crippen molar-refractivity contribution >= 4 is 12.3 Å². The quantitative estimate of drug-likeness (QED) is 0.510. The van der Waals surface area contributed by atoms with Crippen molar-refractivity contribution in [3.63, 3.8) is 0 Å². The predicted molar refractivity (Wildman–Crippen MR) is 76.6 cm³/mol. The minimum absolute atomic E-state index is 0.204. The van der Waals surface area contributed by atoms with Gasteiger partial charge >= 0.3 is 0 Å². The van der Waals surface area contributed by atoms with Gasteiger partial charge in [0.2, 0.25) is 0 Å². The maximum absolute atomic E-state index is 13.3. The fraction of sp³-hybridized carbons (Fsp3) is 0.0625. The van der Waals surface area contributed by atoms with Gasteiger partial charge in [0.05, 0.1) is 6.21 Å². The lowest BCUT2D eigenvalue weighted by Gasteiger charge is -2.11. The number of oxime groups is 1. The number of para-hydroxylation sites is 1. The predicted octanol–water partition coefficient (Wildman–Crippen LogP) is 3.86. The molecule has 102 valence electrons. The van der Waals surface area contributed by atoms with Crippen LogP contribution in [0.2, 0.25) is 0 Å². The van der Waals surface area contributed by atoms with E-state index in [1.165, 1.54) is 18.3 Å². The van der Waals surface area contributed by atoms with Crippen LogP contribution in [0.1, 0.15) is 16.7 Å². The molecule has 0 heterocycles. The molecule has 0 bridgehead atoms. The highest BCUT2D eigenvalue weighted by Gasteiger charge is 2.05. The molecule has 0 aliphatic carbocycles. The molecule has 0 amide bonds. The van der Waals surface area contributed by atoms with Crippen LogP contribution in [0.5, 0.6) is 5.75 Å². The molecule has 0 aliphatic heterocycles. The Morgan fingerprint density at radius 2 is 2.00 bits per heavy atom. The molecule has 0 unspecified atom stereocenters. The number of halogens is 1. The monoisotopic (exact) mass is 271 g/mol. The second-order valence-electron chi connectivity index (χ2n) is 4.12. The van der Waals surface area contributed by atoms with E-state index in [9.17, 15) is 4.39 Å². The van der Waals surface area contributed by atoms with Crippen LogP contribution in [0.15, 0.2) is 54.2 Å². The first-order chi connectivity index (χ1) is 9.74. The number of hydrogen-bond donors (Lipinski definition) is 1. The van der Waals surface area contributed by atoms with Gasteiger partial charge in [0.15, 0.2) is 0 Å². The van der Waals surface area contributed by atoms with Crippen molar-refractivity contribution in [2.45, 2.75) is 6.61 Å². The minimum atomic E-state index is -0.320. The topological polar surface area (TPSA) is 41.8 Å². The number of nitrogens with zero attached hydrogens (tertiary/aromatic N) is 1. The maximum atomic E-state index is 13.3. The molecule has 0 aliphatic rings. The summed E-state index contributed by atoms with van der Waals surface area (Å²) in [4.78, 5) is 0. The minimum Gasteiger partial charge on any atom is -0.488 e. The van der Waals surface area contributed by atoms with Crippen LogP contribution in [0.4, 0.5) is 4.39 Å². The van der Waals surface area contributed by atoms with Gasteiger partial charge in [-0.05, 0) is 35.4 Å². The van der Waals surface area contributed by atoms with Gasteiger partial charge in [0.25, 0.3) is 0 Å². The van der Waals surface area contributed by atoms with Crippen LogP contribution in [-0.2, 0) is 6.61 Å². The van der Waals surface area contributed by atoms with Crippen LogP contribution in [0.3, 0.4) is 0 Å². The van der Waals surface area contributed by atoms with Crippen molar-refractivity contribution < 1.29 is 14.3 Å². The summed E-state index contributed by atoms with van der Waals surface area (Å²) in [7, 11) is 0. The summed E-state index contributed by atoms with van der Waals surface area (Å²) in [5.74, 6) is 0.240. The van der Waals surface area contributed by atoms with E-state index < -0.39 is 0 Å². The lowest BCUT2D eigenvalue weighted by atomic mass is 10.1. The summed E-state index contributed by atoms with van der Waals surface area (Å²) in [5, 5.41) is 11.6. The van der Waals surface area contributed by atoms with Crippen LogP contribution in [0, 0.1) is 5.82 Å². The Morgan fingerprint density at radius 1 is 1.20 bits per heavy atom. The molecule has 0 saturated heterocycles. The maximum Gasteiger partial charge on any atom is 0.128 e. The highest BCUT2D eigenvalue weighted by atomic mass is 19.1. The molecule has 20 heavy (non-hydrogen) atoms. The Bertz CT molecular complexity index is 638. The molecule has 0 aromatic heterocycles. The largest absolute Gasteiger partial charge is 0.488 e. The lowest BCUT2D eigenvalue weighted by molar-refractivity contribution is 0.303. The second-order valence-corrected chi connectivity index (χ2v) is 4.12. The number of hydrogen-bond acceptors (Lipinski definition) is 3. The first-order valence-corrected chi connectivity index (χ1v) is 6.04. The van der Waals surface area contributed by atoms with Crippen LogP contribution in [-0.4, -0.2) is 11.4 Å². The third-order valence-electron chi connectivity index (χ3n) is 2.82. The normalized spacial score (nSPS) is 10.7. The van der Waals surface area contributed by atoms with E-state index in [0.29, 0.717) is 16.9 Å². The van der Waals surface area contributed by atoms with Gasteiger partial charge in [0, 0.05) is 5.56 Å². The van der Waals surface area contributed by atoms with E-state index >= 15 is 0 Å². The molecule has 0 radical (unpaired) electrons. The van der Waals surface area contributed by atoms with Crippen LogP contribution < -0.4 is 4.74 Å². The van der Waals surface area contributed by atoms with Gasteiger partial charge in [0.1, 0.15) is 18.2 Å². The molecule has 0 fully saturated rings. The van der Waals surface area contributed by atoms with Crippen molar-refractivity contribution in [1.29, 1.82) is 0 Å². The molecular weight excluding hydrogens is 257 g/mol. The summed E-state index contributed by atoms with van der Waals surface area (Å²) in [6.45, 7) is 3.89. The van der Waals surface area contributed by atoms with Crippen molar-refractivity contribution in [3.8, 4) is 5.75 Å². The summed E-state index contributed by atoms with van der Waals surface area (Å²) in [6, 6.07) is 11.6. The van der Waals surface area contributed by atoms with E-state index in [-0.39, 0.29) is 12.4 Å². The Balaban J connectivity index is 2.21. The molecule has 1 N–H and O–H groups in total. The van der Waals surface area contributed by atoms with E-state index in [2.05, 4.69) is 11.7 Å². The highest BCUT2D eigenvalue weighted by molar-refractivity contribution is 5.82. The third kappa shape index (κ3) is 3.23. The van der Waals surface area contributed by atoms with Crippen molar-refractivity contribution in [1.82, 2.24) is 0 Å². The van der Waals surface area contributed by atoms with Gasteiger partial charge in [-0.25, -0.2) is 4.39 Å². The summed E-state index contributed by atoms with van der Waals surface area (Å²) in [5.41, 5.74) is 2.17. The van der Waals surface area contributed by atoms with Gasteiger partial charge in [-0.15, -0.1) is 0 Å². The van der Waals surface area contributed by atoms with E-state index in [1.807, 2.05) is 6.07 Å². The summed E-state index contributed by atoms with van der Waals surface area (Å²) >= 11 is 0. The molecule has 4 heteroatoms. The highest BCUT2D eigenvalue weighted by Crippen LogP contribution is 2.20. The van der Waals surface area contributed by atoms with Crippen molar-refractivity contribution in [2.24, 2.45) is 5.16 Å². The van der Waals surface area contributed by atoms with E-state index in [0.717, 1.165) is 5.56 Å². The zero-order chi connectivity index (χ0) is 14.4. The van der Waals surface area contributed by atoms with Crippen molar-refractivity contribution in [3.05, 3.63) is 71.6 Å². The van der Waals surface area contributed by atoms with Gasteiger partial charge < -0.3 is 9.94 Å². The fourth-order valence-electron chi connectivity index (χ4n) is 1.83. The van der Waals surface area contributed by atoms with Gasteiger partial charge in [-0.2, -0.15) is 0 Å². The standard InChI is InChI=1S/C16H14FNO2/c1-2-12-7-8-15(17)9-14(12)11-20-16-6-4-3-5-13(16)10-18-19/h2-10,19H,1,11H2/b18-10+.